The van der Waals surface area contributed by atoms with Gasteiger partial charge in [-0.1, -0.05) is 20.3 Å². The van der Waals surface area contributed by atoms with Crippen molar-refractivity contribution in [3.05, 3.63) is 11.1 Å². The molecular formula is C21H40N8OS. The molecule has 0 aromatic carbocycles. The van der Waals surface area contributed by atoms with E-state index in [-0.39, 0.29) is 18.2 Å². The van der Waals surface area contributed by atoms with Crippen LogP contribution in [-0.4, -0.2) is 104 Å². The predicted molar refractivity (Wildman–Crippen MR) is 126 cm³/mol. The summed E-state index contributed by atoms with van der Waals surface area (Å²) in [5.74, 6) is 0.971. The lowest BCUT2D eigenvalue weighted by Crippen LogP contribution is -2.71. The summed E-state index contributed by atoms with van der Waals surface area (Å²) < 4.78 is 0. The van der Waals surface area contributed by atoms with Gasteiger partial charge in [-0.25, -0.2) is 0 Å². The quantitative estimate of drug-likeness (QED) is 0.334. The second-order valence-corrected chi connectivity index (χ2v) is 10.1. The van der Waals surface area contributed by atoms with Crippen LogP contribution in [0.25, 0.3) is 0 Å². The molecule has 0 aromatic rings. The fourth-order valence-corrected chi connectivity index (χ4v) is 6.19. The van der Waals surface area contributed by atoms with Gasteiger partial charge in [0.1, 0.15) is 0 Å². The molecule has 0 radical (unpaired) electrons. The highest BCUT2D eigenvalue weighted by Crippen LogP contribution is 2.28. The van der Waals surface area contributed by atoms with Gasteiger partial charge in [0.05, 0.1) is 36.1 Å². The van der Waals surface area contributed by atoms with Gasteiger partial charge >= 0.3 is 0 Å². The van der Waals surface area contributed by atoms with Gasteiger partial charge in [0.25, 0.3) is 5.91 Å². The van der Waals surface area contributed by atoms with Crippen molar-refractivity contribution in [3.8, 4) is 0 Å². The molecule has 5 unspecified atom stereocenters. The molecule has 4 rings (SSSR count). The van der Waals surface area contributed by atoms with Crippen LogP contribution >= 0.6 is 11.8 Å². The Morgan fingerprint density at radius 3 is 2.84 bits per heavy atom. The first-order valence-corrected chi connectivity index (χ1v) is 12.9. The number of nitrogens with one attached hydrogen (secondary N) is 5. The van der Waals surface area contributed by atoms with Crippen LogP contribution < -0.4 is 26.6 Å². The topological polar surface area (TPSA) is 86.9 Å². The van der Waals surface area contributed by atoms with Crippen molar-refractivity contribution in [2.24, 2.45) is 0 Å². The Hall–Kier alpha value is -0.880. The van der Waals surface area contributed by atoms with Crippen LogP contribution in [0, 0.1) is 0 Å². The standard InChI is InChI=1S/C21H40N8OS/c1-4-6-15(5-2)29-14-26-19(18-20(29)25-13-24-18)28-9-10-31-16(12-28)21(30)23-11-17-22-7-8-27(17)3/h12,15,17-20,22,24-26H,4-11,13-14H2,1-3H3,(H,23,30). The third-order valence-electron chi connectivity index (χ3n) is 7.04. The number of carbonyl (C=O) groups is 1. The lowest BCUT2D eigenvalue weighted by Gasteiger charge is -2.49. The number of thioether (sulfide) groups is 1. The largest absolute Gasteiger partial charge is 0.358 e. The molecule has 0 aromatic heterocycles. The number of fused-ring (bicyclic) bond motifs is 1. The van der Waals surface area contributed by atoms with Crippen LogP contribution in [0.15, 0.2) is 11.1 Å². The highest BCUT2D eigenvalue weighted by molar-refractivity contribution is 8.04. The van der Waals surface area contributed by atoms with Gasteiger partial charge in [-0.2, -0.15) is 0 Å². The lowest BCUT2D eigenvalue weighted by atomic mass is 10.0. The molecule has 176 valence electrons. The Bertz CT molecular complexity index is 649. The zero-order chi connectivity index (χ0) is 21.8. The average molecular weight is 453 g/mol. The normalized spacial score (nSPS) is 33.3. The molecule has 3 saturated heterocycles. The van der Waals surface area contributed by atoms with Crippen LogP contribution in [0.2, 0.25) is 0 Å². The fourth-order valence-electron chi connectivity index (χ4n) is 5.25. The summed E-state index contributed by atoms with van der Waals surface area (Å²) in [5.41, 5.74) is 0. The summed E-state index contributed by atoms with van der Waals surface area (Å²) in [5, 5.41) is 17.6. The molecule has 10 heteroatoms. The minimum atomic E-state index is 0.0392. The second-order valence-electron chi connectivity index (χ2n) is 8.97. The number of hydrogen-bond acceptors (Lipinski definition) is 9. The zero-order valence-corrected chi connectivity index (χ0v) is 20.0. The first-order chi connectivity index (χ1) is 15.1. The number of rotatable bonds is 8. The molecule has 0 bridgehead atoms. The van der Waals surface area contributed by atoms with Gasteiger partial charge < -0.3 is 10.2 Å². The Morgan fingerprint density at radius 2 is 2.10 bits per heavy atom. The number of amides is 1. The third kappa shape index (κ3) is 5.21. The van der Waals surface area contributed by atoms with Gasteiger partial charge in [0.15, 0.2) is 0 Å². The number of hydrogen-bond donors (Lipinski definition) is 5. The van der Waals surface area contributed by atoms with Crippen LogP contribution in [0.5, 0.6) is 0 Å². The Balaban J connectivity index is 1.39. The molecule has 3 fully saturated rings. The van der Waals surface area contributed by atoms with Gasteiger partial charge in [-0.05, 0) is 19.9 Å². The zero-order valence-electron chi connectivity index (χ0n) is 19.2. The first-order valence-electron chi connectivity index (χ1n) is 11.9. The van der Waals surface area contributed by atoms with Crippen molar-refractivity contribution in [1.29, 1.82) is 0 Å². The molecule has 1 amide bonds. The number of likely N-dealkylation sites (N-methyl/N-ethyl adjacent to an activating group) is 1. The fraction of sp³-hybridized carbons (Fsp3) is 0.857. The summed E-state index contributed by atoms with van der Waals surface area (Å²) in [7, 11) is 2.09. The van der Waals surface area contributed by atoms with E-state index in [0.29, 0.717) is 24.8 Å². The molecule has 5 N–H and O–H groups in total. The molecule has 31 heavy (non-hydrogen) atoms. The van der Waals surface area contributed by atoms with E-state index in [2.05, 4.69) is 68.4 Å². The number of nitrogens with zero attached hydrogens (tertiary/aromatic N) is 3. The maximum Gasteiger partial charge on any atom is 0.259 e. The summed E-state index contributed by atoms with van der Waals surface area (Å²) in [4.78, 5) is 20.8. The average Bonchev–Trinajstić information content (AvgIpc) is 3.44. The first kappa shape index (κ1) is 23.3. The molecule has 0 spiro atoms. The van der Waals surface area contributed by atoms with Gasteiger partial charge in [0.2, 0.25) is 0 Å². The molecule has 5 atom stereocenters. The van der Waals surface area contributed by atoms with Crippen molar-refractivity contribution in [2.75, 3.05) is 52.3 Å². The van der Waals surface area contributed by atoms with E-state index in [1.54, 1.807) is 11.8 Å². The smallest absolute Gasteiger partial charge is 0.259 e. The Kier molecular flexibility index (Phi) is 8.13. The lowest BCUT2D eigenvalue weighted by molar-refractivity contribution is -0.117. The van der Waals surface area contributed by atoms with Crippen LogP contribution in [-0.2, 0) is 4.79 Å². The van der Waals surface area contributed by atoms with Crippen LogP contribution in [0.4, 0.5) is 0 Å². The van der Waals surface area contributed by atoms with Crippen molar-refractivity contribution in [2.45, 2.75) is 63.7 Å². The van der Waals surface area contributed by atoms with E-state index in [0.717, 1.165) is 43.6 Å². The van der Waals surface area contributed by atoms with Crippen LogP contribution in [0.3, 0.4) is 0 Å². The van der Waals surface area contributed by atoms with Crippen molar-refractivity contribution < 1.29 is 4.79 Å². The molecule has 4 aliphatic heterocycles. The van der Waals surface area contributed by atoms with E-state index in [1.165, 1.54) is 19.3 Å². The Morgan fingerprint density at radius 1 is 1.23 bits per heavy atom. The van der Waals surface area contributed by atoms with E-state index in [4.69, 9.17) is 0 Å². The summed E-state index contributed by atoms with van der Waals surface area (Å²) in [6.07, 6.45) is 6.41. The monoisotopic (exact) mass is 452 g/mol. The SMILES string of the molecule is CCCC(CC)N1CNC(N2C=C(C(=O)NCC3NCCN3C)SCC2)C2NCNC21. The summed E-state index contributed by atoms with van der Waals surface area (Å²) >= 11 is 1.66. The number of carbonyl (C=O) groups excluding carboxylic acids is 1. The molecular weight excluding hydrogens is 412 g/mol. The van der Waals surface area contributed by atoms with Gasteiger partial charge in [0, 0.05) is 50.8 Å². The van der Waals surface area contributed by atoms with E-state index >= 15 is 0 Å². The van der Waals surface area contributed by atoms with Crippen molar-refractivity contribution >= 4 is 17.7 Å². The molecule has 0 saturated carbocycles. The maximum atomic E-state index is 12.8. The molecule has 4 heterocycles. The minimum absolute atomic E-state index is 0.0392. The van der Waals surface area contributed by atoms with Crippen LogP contribution in [0.1, 0.15) is 33.1 Å². The summed E-state index contributed by atoms with van der Waals surface area (Å²) in [6.45, 7) is 9.84. The van der Waals surface area contributed by atoms with Gasteiger partial charge in [-0.15, -0.1) is 11.8 Å². The van der Waals surface area contributed by atoms with E-state index in [9.17, 15) is 4.79 Å². The highest BCUT2D eigenvalue weighted by Gasteiger charge is 2.44. The Labute approximate surface area is 191 Å². The predicted octanol–water partition coefficient (Wildman–Crippen LogP) is -0.534. The van der Waals surface area contributed by atoms with E-state index in [1.807, 2.05) is 0 Å². The molecule has 0 aliphatic carbocycles. The second kappa shape index (κ2) is 10.8. The minimum Gasteiger partial charge on any atom is -0.358 e. The summed E-state index contributed by atoms with van der Waals surface area (Å²) in [6, 6.07) is 0.883. The highest BCUT2D eigenvalue weighted by atomic mass is 32.2. The van der Waals surface area contributed by atoms with E-state index < -0.39 is 0 Å². The van der Waals surface area contributed by atoms with Gasteiger partial charge in [-0.3, -0.25) is 35.9 Å². The van der Waals surface area contributed by atoms with Crippen molar-refractivity contribution in [1.82, 2.24) is 41.3 Å². The molecule has 4 aliphatic rings. The van der Waals surface area contributed by atoms with Crippen molar-refractivity contribution in [3.63, 3.8) is 0 Å². The molecule has 9 nitrogen and oxygen atoms in total. The third-order valence-corrected chi connectivity index (χ3v) is 8.02. The maximum absolute atomic E-state index is 12.8.